The van der Waals surface area contributed by atoms with Gasteiger partial charge in [0, 0.05) is 7.05 Å². The largest absolute Gasteiger partial charge is 0.281 e. The molecule has 0 saturated carbocycles. The minimum absolute atomic E-state index is 0.210. The Morgan fingerprint density at radius 1 is 1.47 bits per heavy atom. The molecule has 0 bridgehead atoms. The van der Waals surface area contributed by atoms with Crippen molar-refractivity contribution < 1.29 is 0 Å². The van der Waals surface area contributed by atoms with E-state index >= 15 is 0 Å². The molecule has 0 amide bonds. The third-order valence-electron chi connectivity index (χ3n) is 1.94. The smallest absolute Gasteiger partial charge is 0.277 e. The molecule has 0 fully saturated rings. The van der Waals surface area contributed by atoms with Crippen LogP contribution in [0.25, 0.3) is 11.4 Å². The summed E-state index contributed by atoms with van der Waals surface area (Å²) in [5.74, 6) is 0.436. The summed E-state index contributed by atoms with van der Waals surface area (Å²) in [6.07, 6.45) is 0. The van der Waals surface area contributed by atoms with Crippen LogP contribution in [0.4, 0.5) is 0 Å². The van der Waals surface area contributed by atoms with E-state index < -0.39 is 0 Å². The molecule has 0 atom stereocenters. The molecule has 2 N–H and O–H groups in total. The summed E-state index contributed by atoms with van der Waals surface area (Å²) in [7, 11) is 1.60. The molecule has 2 heterocycles. The van der Waals surface area contributed by atoms with Gasteiger partial charge in [0.05, 0.1) is 11.3 Å². The highest BCUT2D eigenvalue weighted by atomic mass is 32.1. The van der Waals surface area contributed by atoms with Crippen molar-refractivity contribution in [3.05, 3.63) is 26.9 Å². The Balaban J connectivity index is 2.73. The molecular weight excluding hydrogens is 214 g/mol. The molecule has 0 radical (unpaired) electrons. The van der Waals surface area contributed by atoms with E-state index in [0.29, 0.717) is 16.2 Å². The summed E-state index contributed by atoms with van der Waals surface area (Å²) in [4.78, 5) is 15.7. The quantitative estimate of drug-likeness (QED) is 0.691. The van der Waals surface area contributed by atoms with Crippen molar-refractivity contribution in [2.24, 2.45) is 7.05 Å². The second-order valence-corrected chi connectivity index (χ2v) is 3.53. The van der Waals surface area contributed by atoms with E-state index in [0.717, 1.165) is 5.69 Å². The molecule has 15 heavy (non-hydrogen) atoms. The second kappa shape index (κ2) is 3.43. The highest BCUT2D eigenvalue weighted by Crippen LogP contribution is 2.08. The van der Waals surface area contributed by atoms with Crippen LogP contribution in [0.1, 0.15) is 5.69 Å². The van der Waals surface area contributed by atoms with Gasteiger partial charge >= 0.3 is 0 Å². The van der Waals surface area contributed by atoms with E-state index in [9.17, 15) is 4.79 Å². The average molecular weight is 223 g/mol. The number of hydrogen-bond acceptors (Lipinski definition) is 4. The van der Waals surface area contributed by atoms with Gasteiger partial charge in [0.15, 0.2) is 5.82 Å². The van der Waals surface area contributed by atoms with Crippen LogP contribution in [-0.2, 0) is 7.05 Å². The van der Waals surface area contributed by atoms with Crippen molar-refractivity contribution in [1.29, 1.82) is 0 Å². The summed E-state index contributed by atoms with van der Waals surface area (Å²) in [6.45, 7) is 1.81. The van der Waals surface area contributed by atoms with Gasteiger partial charge in [0.1, 0.15) is 0 Å². The van der Waals surface area contributed by atoms with Crippen LogP contribution in [0.2, 0.25) is 0 Å². The highest BCUT2D eigenvalue weighted by Gasteiger charge is 2.09. The van der Waals surface area contributed by atoms with Crippen LogP contribution < -0.4 is 5.56 Å². The number of aromatic nitrogens is 5. The Kier molecular flexibility index (Phi) is 2.24. The normalized spacial score (nSPS) is 10.5. The first-order valence-electron chi connectivity index (χ1n) is 4.28. The van der Waals surface area contributed by atoms with Crippen LogP contribution in [-0.4, -0.2) is 25.0 Å². The lowest BCUT2D eigenvalue weighted by atomic mass is 10.2. The SMILES string of the molecule is Cc1cc(-c2nc(=S)[nH][nH]2)c(=O)n(C)n1. The lowest BCUT2D eigenvalue weighted by Gasteiger charge is -2.01. The molecule has 0 aromatic carbocycles. The lowest BCUT2D eigenvalue weighted by molar-refractivity contribution is 0.694. The summed E-state index contributed by atoms with van der Waals surface area (Å²) >= 11 is 4.82. The van der Waals surface area contributed by atoms with Crippen molar-refractivity contribution in [3.8, 4) is 11.4 Å². The van der Waals surface area contributed by atoms with Gasteiger partial charge in [-0.3, -0.25) is 15.0 Å². The molecule has 0 aliphatic heterocycles. The minimum Gasteiger partial charge on any atom is -0.281 e. The van der Waals surface area contributed by atoms with Gasteiger partial charge in [-0.2, -0.15) is 10.1 Å². The highest BCUT2D eigenvalue weighted by molar-refractivity contribution is 7.71. The standard InChI is InChI=1S/C8H9N5OS/c1-4-3-5(7(14)13(2)12-4)6-9-8(15)11-10-6/h3H,1-2H3,(H2,9,10,11,15). The van der Waals surface area contributed by atoms with E-state index in [1.54, 1.807) is 13.1 Å². The molecule has 0 spiro atoms. The minimum atomic E-state index is -0.210. The Morgan fingerprint density at radius 2 is 2.20 bits per heavy atom. The van der Waals surface area contributed by atoms with Crippen LogP contribution in [0.3, 0.4) is 0 Å². The van der Waals surface area contributed by atoms with Crippen molar-refractivity contribution in [2.75, 3.05) is 0 Å². The zero-order valence-electron chi connectivity index (χ0n) is 8.24. The van der Waals surface area contributed by atoms with Crippen LogP contribution in [0.5, 0.6) is 0 Å². The summed E-state index contributed by atoms with van der Waals surface area (Å²) in [6, 6.07) is 1.67. The maximum absolute atomic E-state index is 11.7. The Bertz CT molecular complexity index is 608. The summed E-state index contributed by atoms with van der Waals surface area (Å²) in [5.41, 5.74) is 0.991. The number of hydrogen-bond donors (Lipinski definition) is 2. The Hall–Kier alpha value is -1.76. The van der Waals surface area contributed by atoms with Gasteiger partial charge in [-0.25, -0.2) is 4.68 Å². The van der Waals surface area contributed by atoms with Gasteiger partial charge in [0.25, 0.3) is 5.56 Å². The first-order chi connectivity index (χ1) is 7.08. The van der Waals surface area contributed by atoms with E-state index in [-0.39, 0.29) is 5.56 Å². The summed E-state index contributed by atoms with van der Waals surface area (Å²) in [5, 5.41) is 9.37. The van der Waals surface area contributed by atoms with Crippen molar-refractivity contribution >= 4 is 12.2 Å². The molecule has 78 valence electrons. The van der Waals surface area contributed by atoms with Gasteiger partial charge in [-0.1, -0.05) is 0 Å². The molecule has 6 nitrogen and oxygen atoms in total. The predicted molar refractivity (Wildman–Crippen MR) is 57.0 cm³/mol. The van der Waals surface area contributed by atoms with Gasteiger partial charge in [-0.15, -0.1) is 0 Å². The fourth-order valence-electron chi connectivity index (χ4n) is 1.32. The molecule has 2 aromatic heterocycles. The zero-order chi connectivity index (χ0) is 11.0. The van der Waals surface area contributed by atoms with E-state index in [1.807, 2.05) is 6.92 Å². The molecule has 0 saturated heterocycles. The topological polar surface area (TPSA) is 79.4 Å². The van der Waals surface area contributed by atoms with E-state index in [2.05, 4.69) is 20.3 Å². The Labute approximate surface area is 90.0 Å². The number of rotatable bonds is 1. The molecule has 2 rings (SSSR count). The van der Waals surface area contributed by atoms with E-state index in [1.165, 1.54) is 4.68 Å². The fraction of sp³-hybridized carbons (Fsp3) is 0.250. The first kappa shape index (κ1) is 9.78. The monoisotopic (exact) mass is 223 g/mol. The Morgan fingerprint density at radius 3 is 2.80 bits per heavy atom. The number of H-pyrrole nitrogens is 2. The van der Waals surface area contributed by atoms with Crippen molar-refractivity contribution in [1.82, 2.24) is 25.0 Å². The fourth-order valence-corrected chi connectivity index (χ4v) is 1.47. The van der Waals surface area contributed by atoms with Crippen molar-refractivity contribution in [3.63, 3.8) is 0 Å². The molecule has 0 aliphatic carbocycles. The predicted octanol–water partition coefficient (Wildman–Crippen LogP) is 0.536. The molecule has 0 aliphatic rings. The maximum atomic E-state index is 11.7. The average Bonchev–Trinajstić information content (AvgIpc) is 2.58. The number of nitrogens with zero attached hydrogens (tertiary/aromatic N) is 3. The van der Waals surface area contributed by atoms with Crippen molar-refractivity contribution in [2.45, 2.75) is 6.92 Å². The van der Waals surface area contributed by atoms with Crippen LogP contribution in [0.15, 0.2) is 10.9 Å². The summed E-state index contributed by atoms with van der Waals surface area (Å²) < 4.78 is 1.59. The first-order valence-corrected chi connectivity index (χ1v) is 4.69. The molecule has 0 unspecified atom stereocenters. The van der Waals surface area contributed by atoms with Crippen LogP contribution >= 0.6 is 12.2 Å². The molecular formula is C8H9N5OS. The third kappa shape index (κ3) is 1.73. The van der Waals surface area contributed by atoms with Crippen LogP contribution in [0, 0.1) is 11.7 Å². The van der Waals surface area contributed by atoms with Gasteiger partial charge in [-0.05, 0) is 25.2 Å². The molecule has 2 aromatic rings. The lowest BCUT2D eigenvalue weighted by Crippen LogP contribution is -2.22. The zero-order valence-corrected chi connectivity index (χ0v) is 9.05. The number of aryl methyl sites for hydroxylation is 2. The number of aromatic amines is 2. The maximum Gasteiger partial charge on any atom is 0.277 e. The van der Waals surface area contributed by atoms with E-state index in [4.69, 9.17) is 12.2 Å². The number of nitrogens with one attached hydrogen (secondary N) is 2. The van der Waals surface area contributed by atoms with Gasteiger partial charge < -0.3 is 0 Å². The molecule has 7 heteroatoms. The third-order valence-corrected chi connectivity index (χ3v) is 2.13. The second-order valence-electron chi connectivity index (χ2n) is 3.14. The van der Waals surface area contributed by atoms with Gasteiger partial charge in [0.2, 0.25) is 4.77 Å².